The third-order valence-electron chi connectivity index (χ3n) is 6.36. The fourth-order valence-electron chi connectivity index (χ4n) is 4.42. The number of nitrogens with zero attached hydrogens (tertiary/aromatic N) is 2. The standard InChI is InChI=1S/C26H29Cl2N5O2S/c1-15-20(12-18(27)14-30-15)31-16(2)22-7-8-23(36-22)26(35)33-21(11-17-5-3-4-6-17)25(34)32-19-9-10-29-24(28)13-19/h7-10,12-14,16-17,21,31H,3-6,11H2,1-2H3,(H,33,35)(H,29,32,34). The molecule has 4 rings (SSSR count). The van der Waals surface area contributed by atoms with E-state index in [1.807, 2.05) is 26.0 Å². The van der Waals surface area contributed by atoms with E-state index in [1.165, 1.54) is 17.5 Å². The number of rotatable bonds is 9. The Morgan fingerprint density at radius 1 is 1.14 bits per heavy atom. The van der Waals surface area contributed by atoms with Gasteiger partial charge in [-0.3, -0.25) is 14.6 Å². The molecule has 2 unspecified atom stereocenters. The van der Waals surface area contributed by atoms with Gasteiger partial charge in [0, 0.05) is 23.0 Å². The van der Waals surface area contributed by atoms with Crippen LogP contribution in [0.3, 0.4) is 0 Å². The second kappa shape index (κ2) is 12.0. The first kappa shape index (κ1) is 26.4. The minimum atomic E-state index is -0.645. The van der Waals surface area contributed by atoms with Gasteiger partial charge in [0.2, 0.25) is 5.91 Å². The van der Waals surface area contributed by atoms with Gasteiger partial charge in [-0.1, -0.05) is 48.9 Å². The molecule has 3 aromatic heterocycles. The molecule has 0 radical (unpaired) electrons. The average Bonchev–Trinajstić information content (AvgIpc) is 3.53. The number of thiophene rings is 1. The van der Waals surface area contributed by atoms with E-state index in [0.29, 0.717) is 33.1 Å². The van der Waals surface area contributed by atoms with Crippen molar-refractivity contribution in [3.05, 3.63) is 68.3 Å². The van der Waals surface area contributed by atoms with Crippen LogP contribution in [0.2, 0.25) is 10.2 Å². The summed E-state index contributed by atoms with van der Waals surface area (Å²) in [7, 11) is 0. The third kappa shape index (κ3) is 6.96. The van der Waals surface area contributed by atoms with Crippen LogP contribution in [-0.2, 0) is 4.79 Å². The maximum absolute atomic E-state index is 13.2. The van der Waals surface area contributed by atoms with Crippen LogP contribution in [0.1, 0.15) is 65.3 Å². The largest absolute Gasteiger partial charge is 0.376 e. The Morgan fingerprint density at radius 3 is 2.67 bits per heavy atom. The van der Waals surface area contributed by atoms with Crippen molar-refractivity contribution >= 4 is 57.7 Å². The lowest BCUT2D eigenvalue weighted by atomic mass is 9.97. The summed E-state index contributed by atoms with van der Waals surface area (Å²) >= 11 is 13.4. The van der Waals surface area contributed by atoms with Gasteiger partial charge in [-0.2, -0.15) is 0 Å². The summed E-state index contributed by atoms with van der Waals surface area (Å²) in [5, 5.41) is 10.1. The number of aryl methyl sites for hydroxylation is 1. The monoisotopic (exact) mass is 545 g/mol. The number of halogens is 2. The predicted octanol–water partition coefficient (Wildman–Crippen LogP) is 6.64. The average molecular weight is 547 g/mol. The highest BCUT2D eigenvalue weighted by molar-refractivity contribution is 7.14. The van der Waals surface area contributed by atoms with Crippen molar-refractivity contribution in [3.8, 4) is 0 Å². The van der Waals surface area contributed by atoms with Crippen molar-refractivity contribution in [3.63, 3.8) is 0 Å². The number of hydrogen-bond donors (Lipinski definition) is 3. The smallest absolute Gasteiger partial charge is 0.262 e. The van der Waals surface area contributed by atoms with Gasteiger partial charge in [0.15, 0.2) is 0 Å². The van der Waals surface area contributed by atoms with E-state index in [1.54, 1.807) is 24.4 Å². The van der Waals surface area contributed by atoms with E-state index in [0.717, 1.165) is 41.9 Å². The topological polar surface area (TPSA) is 96.0 Å². The summed E-state index contributed by atoms with van der Waals surface area (Å²) in [6.07, 6.45) is 8.22. The van der Waals surface area contributed by atoms with E-state index in [9.17, 15) is 9.59 Å². The van der Waals surface area contributed by atoms with E-state index >= 15 is 0 Å². The van der Waals surface area contributed by atoms with E-state index in [4.69, 9.17) is 23.2 Å². The Hall–Kier alpha value is -2.68. The normalized spacial score (nSPS) is 15.3. The van der Waals surface area contributed by atoms with E-state index in [2.05, 4.69) is 25.9 Å². The second-order valence-corrected chi connectivity index (χ2v) is 11.1. The van der Waals surface area contributed by atoms with Crippen LogP contribution in [-0.4, -0.2) is 27.8 Å². The fourth-order valence-corrected chi connectivity index (χ4v) is 5.66. The van der Waals surface area contributed by atoms with Crippen LogP contribution in [0.15, 0.2) is 42.7 Å². The van der Waals surface area contributed by atoms with E-state index in [-0.39, 0.29) is 17.9 Å². The van der Waals surface area contributed by atoms with Gasteiger partial charge >= 0.3 is 0 Å². The lowest BCUT2D eigenvalue weighted by molar-refractivity contribution is -0.118. The maximum atomic E-state index is 13.2. The highest BCUT2D eigenvalue weighted by Crippen LogP contribution is 2.30. The minimum Gasteiger partial charge on any atom is -0.376 e. The van der Waals surface area contributed by atoms with Crippen LogP contribution in [0.4, 0.5) is 11.4 Å². The molecule has 1 aliphatic carbocycles. The molecular formula is C26H29Cl2N5O2S. The van der Waals surface area contributed by atoms with Crippen LogP contribution < -0.4 is 16.0 Å². The third-order valence-corrected chi connectivity index (χ3v) is 8.04. The fraction of sp³-hybridized carbons (Fsp3) is 0.385. The molecule has 190 valence electrons. The molecule has 3 aromatic rings. The van der Waals surface area contributed by atoms with Gasteiger partial charge in [0.05, 0.1) is 27.3 Å². The summed E-state index contributed by atoms with van der Waals surface area (Å²) in [4.78, 5) is 36.1. The van der Waals surface area contributed by atoms with Gasteiger partial charge in [0.1, 0.15) is 11.2 Å². The van der Waals surface area contributed by atoms with Crippen molar-refractivity contribution in [2.75, 3.05) is 10.6 Å². The first-order chi connectivity index (χ1) is 17.3. The molecule has 10 heteroatoms. The molecule has 1 fully saturated rings. The van der Waals surface area contributed by atoms with Crippen molar-refractivity contribution in [1.82, 2.24) is 15.3 Å². The molecule has 1 aliphatic rings. The van der Waals surface area contributed by atoms with Gasteiger partial charge in [-0.15, -0.1) is 11.3 Å². The number of hydrogen-bond acceptors (Lipinski definition) is 6. The molecule has 3 heterocycles. The Bertz CT molecular complexity index is 1230. The van der Waals surface area contributed by atoms with Crippen molar-refractivity contribution in [1.29, 1.82) is 0 Å². The molecule has 0 bridgehead atoms. The van der Waals surface area contributed by atoms with Gasteiger partial charge in [-0.05, 0) is 56.5 Å². The van der Waals surface area contributed by atoms with Gasteiger partial charge in [0.25, 0.3) is 5.91 Å². The van der Waals surface area contributed by atoms with Crippen molar-refractivity contribution in [2.45, 2.75) is 58.0 Å². The molecule has 36 heavy (non-hydrogen) atoms. The lowest BCUT2D eigenvalue weighted by Gasteiger charge is -2.21. The minimum absolute atomic E-state index is 0.0514. The zero-order chi connectivity index (χ0) is 25.7. The predicted molar refractivity (Wildman–Crippen MR) is 146 cm³/mol. The molecule has 1 saturated carbocycles. The summed E-state index contributed by atoms with van der Waals surface area (Å²) in [5.41, 5.74) is 2.24. The van der Waals surface area contributed by atoms with Crippen LogP contribution in [0.25, 0.3) is 0 Å². The summed E-state index contributed by atoms with van der Waals surface area (Å²) in [6.45, 7) is 3.93. The highest BCUT2D eigenvalue weighted by Gasteiger charge is 2.28. The van der Waals surface area contributed by atoms with E-state index < -0.39 is 6.04 Å². The van der Waals surface area contributed by atoms with Crippen LogP contribution in [0, 0.1) is 12.8 Å². The Labute approximate surface area is 225 Å². The molecule has 0 aliphatic heterocycles. The lowest BCUT2D eigenvalue weighted by Crippen LogP contribution is -2.44. The number of aromatic nitrogens is 2. The zero-order valence-electron chi connectivity index (χ0n) is 20.2. The molecule has 0 saturated heterocycles. The molecule has 3 N–H and O–H groups in total. The molecule has 0 spiro atoms. The number of carbonyl (C=O) groups excluding carboxylic acids is 2. The number of amides is 2. The number of anilines is 2. The molecule has 0 aromatic carbocycles. The Morgan fingerprint density at radius 2 is 1.92 bits per heavy atom. The molecular weight excluding hydrogens is 517 g/mol. The highest BCUT2D eigenvalue weighted by atomic mass is 35.5. The van der Waals surface area contributed by atoms with Crippen LogP contribution >= 0.6 is 34.5 Å². The second-order valence-electron chi connectivity index (χ2n) is 9.12. The van der Waals surface area contributed by atoms with Crippen molar-refractivity contribution < 1.29 is 9.59 Å². The Balaban J connectivity index is 1.44. The number of nitrogens with one attached hydrogen (secondary N) is 3. The molecule has 7 nitrogen and oxygen atoms in total. The van der Waals surface area contributed by atoms with Crippen molar-refractivity contribution in [2.24, 2.45) is 5.92 Å². The molecule has 2 amide bonds. The first-order valence-corrected chi connectivity index (χ1v) is 13.6. The molecule has 2 atom stereocenters. The first-order valence-electron chi connectivity index (χ1n) is 12.0. The quantitative estimate of drug-likeness (QED) is 0.262. The van der Waals surface area contributed by atoms with Crippen LogP contribution in [0.5, 0.6) is 0 Å². The summed E-state index contributed by atoms with van der Waals surface area (Å²) < 4.78 is 0. The zero-order valence-corrected chi connectivity index (χ0v) is 22.5. The SMILES string of the molecule is Cc1ncc(Cl)cc1NC(C)c1ccc(C(=O)NC(CC2CCCC2)C(=O)Nc2ccnc(Cl)c2)s1. The Kier molecular flexibility index (Phi) is 8.82. The van der Waals surface area contributed by atoms with Gasteiger partial charge < -0.3 is 16.0 Å². The number of carbonyl (C=O) groups is 2. The number of pyridine rings is 2. The maximum Gasteiger partial charge on any atom is 0.262 e. The van der Waals surface area contributed by atoms with Gasteiger partial charge in [-0.25, -0.2) is 4.98 Å². The summed E-state index contributed by atoms with van der Waals surface area (Å²) in [6, 6.07) is 8.13. The summed E-state index contributed by atoms with van der Waals surface area (Å²) in [5.74, 6) is -0.0991.